The van der Waals surface area contributed by atoms with E-state index in [2.05, 4.69) is 4.18 Å². The second kappa shape index (κ2) is 5.79. The lowest BCUT2D eigenvalue weighted by molar-refractivity contribution is -0.121. The average molecular weight is 258 g/mol. The van der Waals surface area contributed by atoms with Gasteiger partial charge in [0.25, 0.3) is 10.1 Å². The first-order valence-corrected chi connectivity index (χ1v) is 6.56. The zero-order chi connectivity index (χ0) is 12.9. The van der Waals surface area contributed by atoms with Crippen molar-refractivity contribution in [2.24, 2.45) is 0 Å². The fraction of sp³-hybridized carbons (Fsp3) is 0.364. The molecule has 0 aromatic heterocycles. The summed E-state index contributed by atoms with van der Waals surface area (Å²) in [4.78, 5) is 11.1. The molecular formula is C11H14O5S. The van der Waals surface area contributed by atoms with Crippen molar-refractivity contribution in [1.29, 1.82) is 0 Å². The van der Waals surface area contributed by atoms with Gasteiger partial charge in [-0.1, -0.05) is 6.92 Å². The van der Waals surface area contributed by atoms with E-state index in [0.717, 1.165) is 0 Å². The van der Waals surface area contributed by atoms with Crippen molar-refractivity contribution in [3.05, 3.63) is 24.3 Å². The Labute approximate surface area is 100 Å². The zero-order valence-corrected chi connectivity index (χ0v) is 10.2. The zero-order valence-electron chi connectivity index (χ0n) is 9.42. The normalized spacial score (nSPS) is 11.4. The summed E-state index contributed by atoms with van der Waals surface area (Å²) in [6.45, 7) is 1.38. The molecule has 0 saturated carbocycles. The molecule has 0 aliphatic carbocycles. The largest absolute Gasteiger partial charge is 0.508 e. The van der Waals surface area contributed by atoms with Crippen LogP contribution in [0.25, 0.3) is 0 Å². The van der Waals surface area contributed by atoms with Gasteiger partial charge >= 0.3 is 0 Å². The van der Waals surface area contributed by atoms with Gasteiger partial charge in [0.1, 0.15) is 12.4 Å². The lowest BCUT2D eigenvalue weighted by Crippen LogP contribution is -2.14. The first-order valence-electron chi connectivity index (χ1n) is 5.16. The molecule has 17 heavy (non-hydrogen) atoms. The Kier molecular flexibility index (Phi) is 4.65. The van der Waals surface area contributed by atoms with Gasteiger partial charge in [-0.3, -0.25) is 8.98 Å². The number of rotatable bonds is 6. The van der Waals surface area contributed by atoms with Crippen LogP contribution in [0.15, 0.2) is 29.2 Å². The number of hydrogen-bond acceptors (Lipinski definition) is 5. The molecule has 1 aromatic rings. The fourth-order valence-electron chi connectivity index (χ4n) is 1.18. The molecule has 5 nitrogen and oxygen atoms in total. The number of hydrogen-bond donors (Lipinski definition) is 1. The third-order valence-corrected chi connectivity index (χ3v) is 3.31. The summed E-state index contributed by atoms with van der Waals surface area (Å²) in [6.07, 6.45) is 0.951. The molecule has 1 rings (SSSR count). The summed E-state index contributed by atoms with van der Waals surface area (Å²) in [5, 5.41) is 9.02. The molecule has 0 heterocycles. The number of phenolic OH excluding ortho intramolecular Hbond substituents is 1. The molecule has 0 atom stereocenters. The van der Waals surface area contributed by atoms with E-state index < -0.39 is 16.7 Å². The third-order valence-electron chi connectivity index (χ3n) is 2.03. The minimum Gasteiger partial charge on any atom is -0.508 e. The van der Waals surface area contributed by atoms with Crippen LogP contribution in [0.3, 0.4) is 0 Å². The van der Waals surface area contributed by atoms with E-state index in [-0.39, 0.29) is 16.4 Å². The van der Waals surface area contributed by atoms with Crippen molar-refractivity contribution in [1.82, 2.24) is 0 Å². The van der Waals surface area contributed by atoms with Gasteiger partial charge in [0, 0.05) is 6.42 Å². The van der Waals surface area contributed by atoms with Crippen LogP contribution in [0.2, 0.25) is 0 Å². The van der Waals surface area contributed by atoms with Crippen molar-refractivity contribution in [3.63, 3.8) is 0 Å². The topological polar surface area (TPSA) is 80.7 Å². The molecule has 0 aliphatic rings. The lowest BCUT2D eigenvalue weighted by Gasteiger charge is -2.04. The number of benzene rings is 1. The summed E-state index contributed by atoms with van der Waals surface area (Å²) in [5.74, 6) is -0.291. The van der Waals surface area contributed by atoms with Gasteiger partial charge < -0.3 is 5.11 Å². The van der Waals surface area contributed by atoms with Crippen LogP contribution in [0.4, 0.5) is 0 Å². The van der Waals surface area contributed by atoms with Crippen molar-refractivity contribution in [2.75, 3.05) is 6.61 Å². The van der Waals surface area contributed by atoms with Crippen LogP contribution < -0.4 is 0 Å². The van der Waals surface area contributed by atoms with Crippen LogP contribution in [-0.4, -0.2) is 25.9 Å². The van der Waals surface area contributed by atoms with Gasteiger partial charge in [-0.05, 0) is 30.7 Å². The van der Waals surface area contributed by atoms with E-state index in [0.29, 0.717) is 12.8 Å². The van der Waals surface area contributed by atoms with E-state index >= 15 is 0 Å². The number of aromatic hydroxyl groups is 1. The van der Waals surface area contributed by atoms with E-state index in [1.54, 1.807) is 0 Å². The van der Waals surface area contributed by atoms with Gasteiger partial charge in [0.15, 0.2) is 5.78 Å². The summed E-state index contributed by atoms with van der Waals surface area (Å²) in [7, 11) is -3.92. The highest BCUT2D eigenvalue weighted by molar-refractivity contribution is 7.86. The Morgan fingerprint density at radius 3 is 2.41 bits per heavy atom. The van der Waals surface area contributed by atoms with Crippen molar-refractivity contribution < 1.29 is 22.5 Å². The molecule has 0 aliphatic heterocycles. The maximum absolute atomic E-state index is 11.6. The van der Waals surface area contributed by atoms with Gasteiger partial charge in [-0.25, -0.2) is 0 Å². The molecule has 6 heteroatoms. The summed E-state index contributed by atoms with van der Waals surface area (Å²) in [5.41, 5.74) is 0. The van der Waals surface area contributed by atoms with Gasteiger partial charge in [-0.15, -0.1) is 0 Å². The molecule has 0 radical (unpaired) electrons. The maximum atomic E-state index is 11.6. The maximum Gasteiger partial charge on any atom is 0.297 e. The summed E-state index contributed by atoms with van der Waals surface area (Å²) >= 11 is 0. The van der Waals surface area contributed by atoms with Crippen molar-refractivity contribution in [3.8, 4) is 5.75 Å². The van der Waals surface area contributed by atoms with Crippen molar-refractivity contribution in [2.45, 2.75) is 24.7 Å². The highest BCUT2D eigenvalue weighted by Crippen LogP contribution is 2.16. The number of Topliss-reactive ketones (excluding diaryl/α,β-unsaturated/α-hetero) is 1. The highest BCUT2D eigenvalue weighted by atomic mass is 32.2. The minimum absolute atomic E-state index is 0.0361. The van der Waals surface area contributed by atoms with Crippen LogP contribution in [0.1, 0.15) is 19.8 Å². The third kappa shape index (κ3) is 4.16. The Hall–Kier alpha value is -1.40. The first kappa shape index (κ1) is 13.7. The number of carbonyl (C=O) groups is 1. The summed E-state index contributed by atoms with van der Waals surface area (Å²) in [6, 6.07) is 4.91. The van der Waals surface area contributed by atoms with E-state index in [1.165, 1.54) is 24.3 Å². The smallest absolute Gasteiger partial charge is 0.297 e. The second-order valence-electron chi connectivity index (χ2n) is 3.50. The Morgan fingerprint density at radius 1 is 1.29 bits per heavy atom. The molecule has 1 N–H and O–H groups in total. The lowest BCUT2D eigenvalue weighted by atomic mass is 10.2. The fourth-order valence-corrected chi connectivity index (χ4v) is 2.07. The quantitative estimate of drug-likeness (QED) is 0.781. The SMILES string of the molecule is CCCC(=O)COS(=O)(=O)c1ccc(O)cc1. The van der Waals surface area contributed by atoms with Crippen LogP contribution >= 0.6 is 0 Å². The van der Waals surface area contributed by atoms with E-state index in [4.69, 9.17) is 5.11 Å². The van der Waals surface area contributed by atoms with Crippen LogP contribution in [0.5, 0.6) is 5.75 Å². The molecule has 0 unspecified atom stereocenters. The monoisotopic (exact) mass is 258 g/mol. The molecular weight excluding hydrogens is 244 g/mol. The number of phenols is 1. The highest BCUT2D eigenvalue weighted by Gasteiger charge is 2.16. The van der Waals surface area contributed by atoms with Gasteiger partial charge in [0.05, 0.1) is 4.90 Å². The molecule has 0 saturated heterocycles. The van der Waals surface area contributed by atoms with Gasteiger partial charge in [0.2, 0.25) is 0 Å². The Morgan fingerprint density at radius 2 is 1.88 bits per heavy atom. The van der Waals surface area contributed by atoms with E-state index in [9.17, 15) is 13.2 Å². The van der Waals surface area contributed by atoms with Crippen LogP contribution in [0, 0.1) is 0 Å². The standard InChI is InChI=1S/C11H14O5S/c1-2-3-10(13)8-16-17(14,15)11-6-4-9(12)5-7-11/h4-7,12H,2-3,8H2,1H3. The molecule has 0 bridgehead atoms. The minimum atomic E-state index is -3.92. The summed E-state index contributed by atoms with van der Waals surface area (Å²) < 4.78 is 27.8. The Bertz CT molecular complexity index is 475. The van der Waals surface area contributed by atoms with E-state index in [1.807, 2.05) is 6.92 Å². The van der Waals surface area contributed by atoms with Crippen molar-refractivity contribution >= 4 is 15.9 Å². The average Bonchev–Trinajstić information content (AvgIpc) is 2.28. The Balaban J connectivity index is 2.69. The second-order valence-corrected chi connectivity index (χ2v) is 5.11. The molecule has 0 spiro atoms. The first-order chi connectivity index (χ1) is 7.95. The molecule has 1 aromatic carbocycles. The number of ketones is 1. The van der Waals surface area contributed by atoms with Crippen LogP contribution in [-0.2, 0) is 19.1 Å². The molecule has 0 amide bonds. The molecule has 94 valence electrons. The van der Waals surface area contributed by atoms with Gasteiger partial charge in [-0.2, -0.15) is 8.42 Å². The predicted molar refractivity (Wildman–Crippen MR) is 61.2 cm³/mol. The molecule has 0 fully saturated rings. The number of carbonyl (C=O) groups excluding carboxylic acids is 1. The predicted octanol–water partition coefficient (Wildman–Crippen LogP) is 1.47.